The minimum absolute atomic E-state index is 0.138. The summed E-state index contributed by atoms with van der Waals surface area (Å²) in [6, 6.07) is 0. The van der Waals surface area contributed by atoms with Crippen molar-refractivity contribution in [2.45, 2.75) is 25.4 Å². The normalized spacial score (nSPS) is 16.2. The van der Waals surface area contributed by atoms with E-state index in [2.05, 4.69) is 15.9 Å². The Bertz CT molecular complexity index is 141. The maximum absolute atomic E-state index is 12.2. The number of rotatable bonds is 3. The predicted octanol–water partition coefficient (Wildman–Crippen LogP) is 3.61. The second kappa shape index (κ2) is 3.89. The number of halogens is 6. The molecule has 0 amide bonds. The van der Waals surface area contributed by atoms with Crippen molar-refractivity contribution >= 4 is 15.9 Å². The van der Waals surface area contributed by atoms with Gasteiger partial charge in [-0.25, -0.2) is 0 Å². The lowest BCUT2D eigenvalue weighted by atomic mass is 10.1. The summed E-state index contributed by atoms with van der Waals surface area (Å²) in [5.74, 6) is -5.26. The van der Waals surface area contributed by atoms with E-state index in [1.165, 1.54) is 6.92 Å². The predicted molar refractivity (Wildman–Crippen MR) is 38.6 cm³/mol. The van der Waals surface area contributed by atoms with Crippen LogP contribution in [-0.4, -0.2) is 17.4 Å². The summed E-state index contributed by atoms with van der Waals surface area (Å²) in [6.07, 6.45) is -6.59. The van der Waals surface area contributed by atoms with Gasteiger partial charge in [0, 0.05) is 11.8 Å². The first kappa shape index (κ1) is 12.1. The SMILES string of the molecule is CC(CBr)CC(F)(F)C(F)(F)F. The van der Waals surface area contributed by atoms with Crippen molar-refractivity contribution in [3.8, 4) is 0 Å². The van der Waals surface area contributed by atoms with E-state index in [1.54, 1.807) is 0 Å². The fourth-order valence-corrected chi connectivity index (χ4v) is 0.837. The van der Waals surface area contributed by atoms with Crippen LogP contribution in [0.5, 0.6) is 0 Å². The Hall–Kier alpha value is 0.130. The summed E-state index contributed by atoms with van der Waals surface area (Å²) in [6.45, 7) is 1.33. The Labute approximate surface area is 75.3 Å². The number of hydrogen-bond donors (Lipinski definition) is 0. The molecule has 0 heterocycles. The fraction of sp³-hybridized carbons (Fsp3) is 1.00. The number of alkyl halides is 6. The first-order valence-electron chi connectivity index (χ1n) is 3.21. The molecule has 1 atom stereocenters. The number of hydrogen-bond acceptors (Lipinski definition) is 0. The van der Waals surface area contributed by atoms with Crippen LogP contribution < -0.4 is 0 Å². The second-order valence-electron chi connectivity index (χ2n) is 2.67. The third-order valence-corrected chi connectivity index (χ3v) is 2.39. The lowest BCUT2D eigenvalue weighted by Crippen LogP contribution is -2.38. The van der Waals surface area contributed by atoms with Gasteiger partial charge in [0.25, 0.3) is 0 Å². The van der Waals surface area contributed by atoms with Gasteiger partial charge < -0.3 is 0 Å². The summed E-state index contributed by atoms with van der Waals surface area (Å²) < 4.78 is 59.1. The molecule has 0 aromatic rings. The molecule has 12 heavy (non-hydrogen) atoms. The van der Waals surface area contributed by atoms with E-state index < -0.39 is 24.4 Å². The third-order valence-electron chi connectivity index (χ3n) is 1.28. The summed E-state index contributed by atoms with van der Waals surface area (Å²) in [5, 5.41) is 0.138. The van der Waals surface area contributed by atoms with Crippen LogP contribution in [0.25, 0.3) is 0 Å². The fourth-order valence-electron chi connectivity index (χ4n) is 0.608. The molecule has 0 nitrogen and oxygen atoms in total. The summed E-state index contributed by atoms with van der Waals surface area (Å²) in [5.41, 5.74) is 0. The van der Waals surface area contributed by atoms with E-state index in [0.717, 1.165) is 0 Å². The van der Waals surface area contributed by atoms with Gasteiger partial charge in [-0.3, -0.25) is 0 Å². The van der Waals surface area contributed by atoms with E-state index in [4.69, 9.17) is 0 Å². The van der Waals surface area contributed by atoms with Gasteiger partial charge in [0.1, 0.15) is 0 Å². The topological polar surface area (TPSA) is 0 Å². The van der Waals surface area contributed by atoms with Gasteiger partial charge in [-0.1, -0.05) is 22.9 Å². The van der Waals surface area contributed by atoms with Crippen molar-refractivity contribution in [1.82, 2.24) is 0 Å². The smallest absolute Gasteiger partial charge is 0.196 e. The molecule has 0 N–H and O–H groups in total. The molecule has 0 bridgehead atoms. The van der Waals surface area contributed by atoms with Crippen molar-refractivity contribution < 1.29 is 22.0 Å². The van der Waals surface area contributed by atoms with Crippen LogP contribution in [-0.2, 0) is 0 Å². The van der Waals surface area contributed by atoms with Crippen molar-refractivity contribution in [2.75, 3.05) is 5.33 Å². The zero-order valence-electron chi connectivity index (χ0n) is 6.26. The van der Waals surface area contributed by atoms with Crippen LogP contribution >= 0.6 is 15.9 Å². The molecular formula is C6H8BrF5. The average molecular weight is 255 g/mol. The minimum atomic E-state index is -5.43. The molecule has 0 aliphatic heterocycles. The summed E-state index contributed by atoms with van der Waals surface area (Å²) in [7, 11) is 0. The highest BCUT2D eigenvalue weighted by Gasteiger charge is 2.57. The maximum atomic E-state index is 12.2. The third kappa shape index (κ3) is 3.25. The molecule has 0 aliphatic rings. The lowest BCUT2D eigenvalue weighted by Gasteiger charge is -2.21. The van der Waals surface area contributed by atoms with Crippen molar-refractivity contribution in [1.29, 1.82) is 0 Å². The molecule has 0 rings (SSSR count). The molecule has 74 valence electrons. The zero-order valence-corrected chi connectivity index (χ0v) is 7.85. The molecule has 1 unspecified atom stereocenters. The zero-order chi connectivity index (χ0) is 9.99. The van der Waals surface area contributed by atoms with Crippen LogP contribution in [0.1, 0.15) is 13.3 Å². The van der Waals surface area contributed by atoms with Crippen LogP contribution in [0, 0.1) is 5.92 Å². The van der Waals surface area contributed by atoms with Crippen molar-refractivity contribution in [3.05, 3.63) is 0 Å². The Morgan fingerprint density at radius 3 is 1.83 bits per heavy atom. The molecular weight excluding hydrogens is 247 g/mol. The Morgan fingerprint density at radius 1 is 1.17 bits per heavy atom. The molecule has 0 fully saturated rings. The van der Waals surface area contributed by atoms with Crippen LogP contribution in [0.3, 0.4) is 0 Å². The lowest BCUT2D eigenvalue weighted by molar-refractivity contribution is -0.287. The van der Waals surface area contributed by atoms with E-state index >= 15 is 0 Å². The first-order valence-corrected chi connectivity index (χ1v) is 4.33. The van der Waals surface area contributed by atoms with E-state index in [0.29, 0.717) is 0 Å². The van der Waals surface area contributed by atoms with E-state index in [-0.39, 0.29) is 5.33 Å². The molecule has 0 saturated heterocycles. The Morgan fingerprint density at radius 2 is 1.58 bits per heavy atom. The van der Waals surface area contributed by atoms with Crippen LogP contribution in [0.15, 0.2) is 0 Å². The standard InChI is InChI=1S/C6H8BrF5/c1-4(3-7)2-5(8,9)6(10,11)12/h4H,2-3H2,1H3. The largest absolute Gasteiger partial charge is 0.453 e. The second-order valence-corrected chi connectivity index (χ2v) is 3.31. The van der Waals surface area contributed by atoms with Gasteiger partial charge in [-0.15, -0.1) is 0 Å². The highest BCUT2D eigenvalue weighted by Crippen LogP contribution is 2.40. The summed E-state index contributed by atoms with van der Waals surface area (Å²) >= 11 is 2.83. The van der Waals surface area contributed by atoms with Gasteiger partial charge in [0.15, 0.2) is 0 Å². The molecule has 6 heteroatoms. The van der Waals surface area contributed by atoms with Gasteiger partial charge in [-0.05, 0) is 5.92 Å². The molecule has 0 spiro atoms. The molecule has 0 radical (unpaired) electrons. The molecule has 0 saturated carbocycles. The van der Waals surface area contributed by atoms with Crippen molar-refractivity contribution in [3.63, 3.8) is 0 Å². The quantitative estimate of drug-likeness (QED) is 0.533. The molecule has 0 aliphatic carbocycles. The molecule has 0 aromatic heterocycles. The Balaban J connectivity index is 4.22. The highest BCUT2D eigenvalue weighted by atomic mass is 79.9. The van der Waals surface area contributed by atoms with Gasteiger partial charge in [-0.2, -0.15) is 22.0 Å². The van der Waals surface area contributed by atoms with Gasteiger partial charge in [0.2, 0.25) is 0 Å². The summed E-state index contributed by atoms with van der Waals surface area (Å²) in [4.78, 5) is 0. The van der Waals surface area contributed by atoms with Crippen LogP contribution in [0.2, 0.25) is 0 Å². The average Bonchev–Trinajstić information content (AvgIpc) is 1.84. The minimum Gasteiger partial charge on any atom is -0.196 e. The van der Waals surface area contributed by atoms with Crippen LogP contribution in [0.4, 0.5) is 22.0 Å². The van der Waals surface area contributed by atoms with Crippen molar-refractivity contribution in [2.24, 2.45) is 5.92 Å². The first-order chi connectivity index (χ1) is 5.20. The van der Waals surface area contributed by atoms with E-state index in [9.17, 15) is 22.0 Å². The Kier molecular flexibility index (Phi) is 3.93. The van der Waals surface area contributed by atoms with Gasteiger partial charge in [0.05, 0.1) is 0 Å². The van der Waals surface area contributed by atoms with Gasteiger partial charge >= 0.3 is 12.1 Å². The van der Waals surface area contributed by atoms with E-state index in [1.807, 2.05) is 0 Å². The molecule has 0 aromatic carbocycles. The maximum Gasteiger partial charge on any atom is 0.453 e. The monoisotopic (exact) mass is 254 g/mol. The highest BCUT2D eigenvalue weighted by molar-refractivity contribution is 9.09.